The van der Waals surface area contributed by atoms with Crippen molar-refractivity contribution in [3.8, 4) is 5.75 Å². The summed E-state index contributed by atoms with van der Waals surface area (Å²) in [5, 5.41) is 2.80. The fraction of sp³-hybridized carbons (Fsp3) is 0.240. The van der Waals surface area contributed by atoms with Crippen molar-refractivity contribution >= 4 is 21.6 Å². The SMILES string of the molecule is COCC(C)NC(=O)c1cccc(S(=O)(=O)N(Cc2ccccc2)c2ccccc2OC)c1. The zero-order chi connectivity index (χ0) is 23.8. The predicted molar refractivity (Wildman–Crippen MR) is 128 cm³/mol. The van der Waals surface area contributed by atoms with Gasteiger partial charge in [0.2, 0.25) is 0 Å². The molecule has 0 aromatic heterocycles. The quantitative estimate of drug-likeness (QED) is 0.489. The summed E-state index contributed by atoms with van der Waals surface area (Å²) in [6.07, 6.45) is 0. The molecule has 0 spiro atoms. The minimum Gasteiger partial charge on any atom is -0.495 e. The molecule has 0 heterocycles. The number of amides is 1. The molecule has 3 aromatic carbocycles. The molecule has 0 aliphatic carbocycles. The maximum atomic E-state index is 13.8. The number of nitrogens with zero attached hydrogens (tertiary/aromatic N) is 1. The highest BCUT2D eigenvalue weighted by atomic mass is 32.2. The summed E-state index contributed by atoms with van der Waals surface area (Å²) < 4.78 is 39.4. The van der Waals surface area contributed by atoms with Crippen molar-refractivity contribution in [3.05, 3.63) is 90.0 Å². The number of hydrogen-bond donors (Lipinski definition) is 1. The van der Waals surface area contributed by atoms with Crippen LogP contribution in [0.15, 0.2) is 83.8 Å². The van der Waals surface area contributed by atoms with E-state index in [1.807, 2.05) is 37.3 Å². The summed E-state index contributed by atoms with van der Waals surface area (Å²) in [6, 6.07) is 22.0. The van der Waals surface area contributed by atoms with Crippen LogP contribution in [0.5, 0.6) is 5.75 Å². The average Bonchev–Trinajstić information content (AvgIpc) is 2.83. The van der Waals surface area contributed by atoms with Crippen molar-refractivity contribution in [1.82, 2.24) is 5.32 Å². The van der Waals surface area contributed by atoms with E-state index >= 15 is 0 Å². The molecule has 0 aliphatic heterocycles. The second-order valence-electron chi connectivity index (χ2n) is 7.53. The first-order valence-electron chi connectivity index (χ1n) is 10.5. The fourth-order valence-corrected chi connectivity index (χ4v) is 4.92. The number of carbonyl (C=O) groups excluding carboxylic acids is 1. The third-order valence-corrected chi connectivity index (χ3v) is 6.76. The van der Waals surface area contributed by atoms with Gasteiger partial charge in [-0.05, 0) is 42.8 Å². The van der Waals surface area contributed by atoms with Crippen LogP contribution >= 0.6 is 0 Å². The molecule has 1 atom stereocenters. The Labute approximate surface area is 195 Å². The molecule has 3 aromatic rings. The molecule has 0 radical (unpaired) electrons. The Hall–Kier alpha value is -3.36. The molecule has 1 amide bonds. The average molecular weight is 469 g/mol. The van der Waals surface area contributed by atoms with Gasteiger partial charge in [0.25, 0.3) is 15.9 Å². The highest BCUT2D eigenvalue weighted by molar-refractivity contribution is 7.92. The molecular formula is C25H28N2O5S. The second kappa shape index (κ2) is 11.0. The van der Waals surface area contributed by atoms with Gasteiger partial charge in [-0.1, -0.05) is 48.5 Å². The van der Waals surface area contributed by atoms with Crippen LogP contribution in [0.2, 0.25) is 0 Å². The zero-order valence-corrected chi connectivity index (χ0v) is 19.7. The Balaban J connectivity index is 2.02. The van der Waals surface area contributed by atoms with E-state index < -0.39 is 10.0 Å². The number of anilines is 1. The van der Waals surface area contributed by atoms with Gasteiger partial charge in [0.15, 0.2) is 0 Å². The monoisotopic (exact) mass is 468 g/mol. The molecule has 174 valence electrons. The summed E-state index contributed by atoms with van der Waals surface area (Å²) in [4.78, 5) is 12.7. The van der Waals surface area contributed by atoms with Crippen molar-refractivity contribution in [2.45, 2.75) is 24.4 Å². The highest BCUT2D eigenvalue weighted by Gasteiger charge is 2.28. The predicted octanol–water partition coefficient (Wildman–Crippen LogP) is 3.86. The molecule has 0 saturated carbocycles. The summed E-state index contributed by atoms with van der Waals surface area (Å²) in [5.41, 5.74) is 1.47. The lowest BCUT2D eigenvalue weighted by Gasteiger charge is -2.26. The Morgan fingerprint density at radius 3 is 2.36 bits per heavy atom. The lowest BCUT2D eigenvalue weighted by molar-refractivity contribution is 0.0905. The van der Waals surface area contributed by atoms with E-state index in [1.165, 1.54) is 23.5 Å². The maximum absolute atomic E-state index is 13.8. The Morgan fingerprint density at radius 1 is 0.970 bits per heavy atom. The molecule has 7 nitrogen and oxygen atoms in total. The van der Waals surface area contributed by atoms with Crippen LogP contribution in [0.1, 0.15) is 22.8 Å². The van der Waals surface area contributed by atoms with Crippen molar-refractivity contribution in [3.63, 3.8) is 0 Å². The molecular weight excluding hydrogens is 440 g/mol. The van der Waals surface area contributed by atoms with Crippen LogP contribution in [0.3, 0.4) is 0 Å². The molecule has 8 heteroatoms. The third kappa shape index (κ3) is 5.91. The van der Waals surface area contributed by atoms with E-state index in [-0.39, 0.29) is 29.0 Å². The van der Waals surface area contributed by atoms with Crippen LogP contribution in [0.4, 0.5) is 5.69 Å². The topological polar surface area (TPSA) is 84.9 Å². The van der Waals surface area contributed by atoms with Gasteiger partial charge < -0.3 is 14.8 Å². The first-order chi connectivity index (χ1) is 15.9. The fourth-order valence-electron chi connectivity index (χ4n) is 3.41. The standard InChI is InChI=1S/C25H28N2O5S/c1-19(18-31-2)26-25(28)21-12-9-13-22(16-21)33(29,30)27(17-20-10-5-4-6-11-20)23-14-7-8-15-24(23)32-3/h4-16,19H,17-18H2,1-3H3,(H,26,28). The number of rotatable bonds is 10. The molecule has 3 rings (SSSR count). The molecule has 1 N–H and O–H groups in total. The van der Waals surface area contributed by atoms with Gasteiger partial charge in [-0.15, -0.1) is 0 Å². The second-order valence-corrected chi connectivity index (χ2v) is 9.39. The molecule has 0 fully saturated rings. The number of sulfonamides is 1. The molecule has 33 heavy (non-hydrogen) atoms. The number of para-hydroxylation sites is 2. The number of hydrogen-bond acceptors (Lipinski definition) is 5. The van der Waals surface area contributed by atoms with E-state index in [0.29, 0.717) is 18.0 Å². The van der Waals surface area contributed by atoms with Crippen molar-refractivity contribution in [2.24, 2.45) is 0 Å². The minimum absolute atomic E-state index is 0.0105. The van der Waals surface area contributed by atoms with Crippen LogP contribution in [-0.4, -0.2) is 41.2 Å². The lowest BCUT2D eigenvalue weighted by Crippen LogP contribution is -2.36. The first kappa shape index (κ1) is 24.3. The number of carbonyl (C=O) groups is 1. The summed E-state index contributed by atoms with van der Waals surface area (Å²) >= 11 is 0. The van der Waals surface area contributed by atoms with Crippen LogP contribution in [-0.2, 0) is 21.3 Å². The Bertz CT molecular complexity index is 1180. The van der Waals surface area contributed by atoms with E-state index in [0.717, 1.165) is 5.56 Å². The van der Waals surface area contributed by atoms with Gasteiger partial charge in [-0.2, -0.15) is 0 Å². The van der Waals surface area contributed by atoms with Crippen molar-refractivity contribution in [1.29, 1.82) is 0 Å². The largest absolute Gasteiger partial charge is 0.495 e. The first-order valence-corrected chi connectivity index (χ1v) is 11.9. The van der Waals surface area contributed by atoms with Gasteiger partial charge in [0, 0.05) is 18.7 Å². The maximum Gasteiger partial charge on any atom is 0.264 e. The van der Waals surface area contributed by atoms with Crippen LogP contribution in [0.25, 0.3) is 0 Å². The Morgan fingerprint density at radius 2 is 1.67 bits per heavy atom. The van der Waals surface area contributed by atoms with Crippen LogP contribution in [0, 0.1) is 0 Å². The van der Waals surface area contributed by atoms with E-state index in [4.69, 9.17) is 9.47 Å². The number of nitrogens with one attached hydrogen (secondary N) is 1. The van der Waals surface area contributed by atoms with Gasteiger partial charge >= 0.3 is 0 Å². The normalized spacial score (nSPS) is 12.1. The molecule has 0 saturated heterocycles. The molecule has 0 bridgehead atoms. The smallest absolute Gasteiger partial charge is 0.264 e. The van der Waals surface area contributed by atoms with Gasteiger partial charge in [0.1, 0.15) is 5.75 Å². The van der Waals surface area contributed by atoms with E-state index in [9.17, 15) is 13.2 Å². The zero-order valence-electron chi connectivity index (χ0n) is 18.9. The summed E-state index contributed by atoms with van der Waals surface area (Å²) in [7, 11) is -0.982. The van der Waals surface area contributed by atoms with Crippen molar-refractivity contribution < 1.29 is 22.7 Å². The van der Waals surface area contributed by atoms with Crippen molar-refractivity contribution in [2.75, 3.05) is 25.1 Å². The van der Waals surface area contributed by atoms with Crippen LogP contribution < -0.4 is 14.4 Å². The Kier molecular flexibility index (Phi) is 8.08. The summed E-state index contributed by atoms with van der Waals surface area (Å²) in [5.74, 6) is 0.0581. The van der Waals surface area contributed by atoms with E-state index in [2.05, 4.69) is 5.32 Å². The molecule has 1 unspecified atom stereocenters. The number of methoxy groups -OCH3 is 2. The summed E-state index contributed by atoms with van der Waals surface area (Å²) in [6.45, 7) is 2.26. The van der Waals surface area contributed by atoms with Gasteiger partial charge in [-0.25, -0.2) is 8.42 Å². The number of ether oxygens (including phenoxy) is 2. The minimum atomic E-state index is -4.03. The van der Waals surface area contributed by atoms with E-state index in [1.54, 1.807) is 43.5 Å². The third-order valence-electron chi connectivity index (χ3n) is 5.00. The van der Waals surface area contributed by atoms with Gasteiger partial charge in [0.05, 0.1) is 30.8 Å². The number of benzene rings is 3. The lowest BCUT2D eigenvalue weighted by atomic mass is 10.2. The molecule has 0 aliphatic rings. The highest BCUT2D eigenvalue weighted by Crippen LogP contribution is 2.33. The van der Waals surface area contributed by atoms with Gasteiger partial charge in [-0.3, -0.25) is 9.10 Å².